The molecular formula is C17H32N4O3. The first-order chi connectivity index (χ1) is 11.2. The molecule has 2 aliphatic heterocycles. The van der Waals surface area contributed by atoms with Gasteiger partial charge in [0, 0.05) is 38.1 Å². The number of amides is 1. The van der Waals surface area contributed by atoms with E-state index in [0.717, 1.165) is 45.1 Å². The van der Waals surface area contributed by atoms with Crippen molar-refractivity contribution in [2.24, 2.45) is 10.4 Å². The Kier molecular flexibility index (Phi) is 5.96. The van der Waals surface area contributed by atoms with Crippen molar-refractivity contribution in [3.63, 3.8) is 0 Å². The van der Waals surface area contributed by atoms with E-state index < -0.39 is 5.60 Å². The predicted octanol–water partition coefficient (Wildman–Crippen LogP) is 1.59. The van der Waals surface area contributed by atoms with E-state index in [1.807, 2.05) is 20.8 Å². The molecule has 0 saturated carbocycles. The number of piperidine rings is 1. The van der Waals surface area contributed by atoms with Crippen molar-refractivity contribution >= 4 is 12.1 Å². The summed E-state index contributed by atoms with van der Waals surface area (Å²) in [6.07, 6.45) is 1.73. The molecule has 2 rings (SSSR count). The molecule has 0 aromatic carbocycles. The standard InChI is InChI=1S/C17H32N4O3/c1-16(2,3)24-15(22)21-8-6-7-13(9-21)20-14(18-5)19-10-17(4)11-23-12-17/h13H,6-12H2,1-5H3,(H2,18,19,20). The smallest absolute Gasteiger partial charge is 0.410 e. The van der Waals surface area contributed by atoms with Gasteiger partial charge < -0.3 is 25.0 Å². The summed E-state index contributed by atoms with van der Waals surface area (Å²) in [5, 5.41) is 6.79. The van der Waals surface area contributed by atoms with E-state index in [9.17, 15) is 4.79 Å². The second-order valence-electron chi connectivity index (χ2n) is 8.14. The minimum Gasteiger partial charge on any atom is -0.444 e. The molecule has 24 heavy (non-hydrogen) atoms. The summed E-state index contributed by atoms with van der Waals surface area (Å²) in [5.74, 6) is 0.777. The minimum atomic E-state index is -0.463. The Morgan fingerprint density at radius 2 is 2.12 bits per heavy atom. The molecule has 1 amide bonds. The Morgan fingerprint density at radius 3 is 2.67 bits per heavy atom. The van der Waals surface area contributed by atoms with Crippen LogP contribution in [0.3, 0.4) is 0 Å². The van der Waals surface area contributed by atoms with Crippen molar-refractivity contribution in [2.75, 3.05) is 39.9 Å². The molecule has 7 heteroatoms. The number of ether oxygens (including phenoxy) is 2. The maximum Gasteiger partial charge on any atom is 0.410 e. The highest BCUT2D eigenvalue weighted by Gasteiger charge is 2.33. The summed E-state index contributed by atoms with van der Waals surface area (Å²) in [6, 6.07) is 0.183. The summed E-state index contributed by atoms with van der Waals surface area (Å²) in [7, 11) is 1.77. The minimum absolute atomic E-state index is 0.183. The van der Waals surface area contributed by atoms with Crippen molar-refractivity contribution < 1.29 is 14.3 Å². The zero-order chi connectivity index (χ0) is 17.8. The third-order valence-electron chi connectivity index (χ3n) is 4.22. The summed E-state index contributed by atoms with van der Waals surface area (Å²) in [6.45, 7) is 11.6. The number of carbonyl (C=O) groups excluding carboxylic acids is 1. The molecule has 0 radical (unpaired) electrons. The van der Waals surface area contributed by atoms with Gasteiger partial charge in [-0.25, -0.2) is 4.79 Å². The molecule has 0 bridgehead atoms. The topological polar surface area (TPSA) is 75.2 Å². The van der Waals surface area contributed by atoms with Gasteiger partial charge in [-0.1, -0.05) is 6.92 Å². The van der Waals surface area contributed by atoms with Gasteiger partial charge in [-0.05, 0) is 33.6 Å². The van der Waals surface area contributed by atoms with Crippen molar-refractivity contribution in [2.45, 2.75) is 52.2 Å². The van der Waals surface area contributed by atoms with Crippen LogP contribution in [0.2, 0.25) is 0 Å². The molecule has 2 N–H and O–H groups in total. The van der Waals surface area contributed by atoms with E-state index >= 15 is 0 Å². The molecule has 2 fully saturated rings. The lowest BCUT2D eigenvalue weighted by molar-refractivity contribution is -0.0971. The summed E-state index contributed by atoms with van der Waals surface area (Å²) < 4.78 is 10.7. The number of aliphatic imine (C=N–C) groups is 1. The van der Waals surface area contributed by atoms with Crippen LogP contribution in [0.1, 0.15) is 40.5 Å². The van der Waals surface area contributed by atoms with Crippen molar-refractivity contribution in [3.8, 4) is 0 Å². The Morgan fingerprint density at radius 1 is 1.42 bits per heavy atom. The van der Waals surface area contributed by atoms with Gasteiger partial charge in [0.1, 0.15) is 5.60 Å². The zero-order valence-electron chi connectivity index (χ0n) is 15.6. The highest BCUT2D eigenvalue weighted by molar-refractivity contribution is 5.80. The molecular weight excluding hydrogens is 308 g/mol. The lowest BCUT2D eigenvalue weighted by Gasteiger charge is -2.39. The van der Waals surface area contributed by atoms with Crippen molar-refractivity contribution in [1.82, 2.24) is 15.5 Å². The molecule has 1 atom stereocenters. The van der Waals surface area contributed by atoms with E-state index in [1.54, 1.807) is 11.9 Å². The average molecular weight is 340 g/mol. The fraction of sp³-hybridized carbons (Fsp3) is 0.882. The second kappa shape index (κ2) is 7.59. The van der Waals surface area contributed by atoms with Gasteiger partial charge in [0.2, 0.25) is 0 Å². The largest absolute Gasteiger partial charge is 0.444 e. The lowest BCUT2D eigenvalue weighted by Crippen LogP contribution is -2.55. The van der Waals surface area contributed by atoms with Crippen LogP contribution < -0.4 is 10.6 Å². The van der Waals surface area contributed by atoms with Crippen molar-refractivity contribution in [3.05, 3.63) is 0 Å². The Bertz CT molecular complexity index is 469. The Labute approximate surface area is 145 Å². The van der Waals surface area contributed by atoms with Crippen LogP contribution in [-0.4, -0.2) is 68.5 Å². The van der Waals surface area contributed by atoms with E-state index in [0.29, 0.717) is 6.54 Å². The predicted molar refractivity (Wildman–Crippen MR) is 94.3 cm³/mol. The van der Waals surface area contributed by atoms with Crippen LogP contribution in [-0.2, 0) is 9.47 Å². The van der Waals surface area contributed by atoms with E-state index in [2.05, 4.69) is 22.5 Å². The third-order valence-corrected chi connectivity index (χ3v) is 4.22. The van der Waals surface area contributed by atoms with E-state index in [1.165, 1.54) is 0 Å². The molecule has 0 aromatic rings. The quantitative estimate of drug-likeness (QED) is 0.603. The number of nitrogens with one attached hydrogen (secondary N) is 2. The molecule has 138 valence electrons. The maximum atomic E-state index is 12.2. The van der Waals surface area contributed by atoms with Gasteiger partial charge in [-0.15, -0.1) is 0 Å². The molecule has 2 saturated heterocycles. The molecule has 0 spiro atoms. The lowest BCUT2D eigenvalue weighted by atomic mass is 9.89. The van der Waals surface area contributed by atoms with Crippen LogP contribution in [0.15, 0.2) is 4.99 Å². The average Bonchev–Trinajstić information content (AvgIpc) is 2.48. The summed E-state index contributed by atoms with van der Waals surface area (Å²) in [5.41, 5.74) is -0.276. The van der Waals surface area contributed by atoms with E-state index in [4.69, 9.17) is 9.47 Å². The molecule has 1 unspecified atom stereocenters. The number of likely N-dealkylation sites (tertiary alicyclic amines) is 1. The van der Waals surface area contributed by atoms with Gasteiger partial charge in [0.05, 0.1) is 13.2 Å². The number of hydrogen-bond acceptors (Lipinski definition) is 4. The number of rotatable bonds is 3. The Hall–Kier alpha value is -1.50. The molecule has 7 nitrogen and oxygen atoms in total. The van der Waals surface area contributed by atoms with Gasteiger partial charge in [0.25, 0.3) is 0 Å². The molecule has 2 heterocycles. The van der Waals surface area contributed by atoms with Crippen LogP contribution in [0, 0.1) is 5.41 Å². The Balaban J connectivity index is 1.81. The molecule has 2 aliphatic rings. The number of carbonyl (C=O) groups is 1. The van der Waals surface area contributed by atoms with Gasteiger partial charge in [0.15, 0.2) is 5.96 Å². The fourth-order valence-electron chi connectivity index (χ4n) is 2.82. The zero-order valence-corrected chi connectivity index (χ0v) is 15.6. The monoisotopic (exact) mass is 340 g/mol. The number of hydrogen-bond donors (Lipinski definition) is 2. The third kappa shape index (κ3) is 5.54. The van der Waals surface area contributed by atoms with Crippen LogP contribution in [0.4, 0.5) is 4.79 Å². The summed E-state index contributed by atoms with van der Waals surface area (Å²) in [4.78, 5) is 18.3. The van der Waals surface area contributed by atoms with Gasteiger partial charge in [-0.2, -0.15) is 0 Å². The van der Waals surface area contributed by atoms with Crippen LogP contribution >= 0.6 is 0 Å². The molecule has 0 aromatic heterocycles. The maximum absolute atomic E-state index is 12.2. The highest BCUT2D eigenvalue weighted by atomic mass is 16.6. The van der Waals surface area contributed by atoms with Gasteiger partial charge >= 0.3 is 6.09 Å². The highest BCUT2D eigenvalue weighted by Crippen LogP contribution is 2.25. The van der Waals surface area contributed by atoms with Crippen LogP contribution in [0.5, 0.6) is 0 Å². The van der Waals surface area contributed by atoms with Crippen molar-refractivity contribution in [1.29, 1.82) is 0 Å². The number of guanidine groups is 1. The molecule has 0 aliphatic carbocycles. The fourth-order valence-corrected chi connectivity index (χ4v) is 2.82. The van der Waals surface area contributed by atoms with Crippen LogP contribution in [0.25, 0.3) is 0 Å². The SMILES string of the molecule is CN=C(NCC1(C)COC1)NC1CCCN(C(=O)OC(C)(C)C)C1. The number of nitrogens with zero attached hydrogens (tertiary/aromatic N) is 2. The first-order valence-corrected chi connectivity index (χ1v) is 8.74. The normalized spacial score (nSPS) is 24.1. The second-order valence-corrected chi connectivity index (χ2v) is 8.14. The van der Waals surface area contributed by atoms with E-state index in [-0.39, 0.29) is 17.6 Å². The first-order valence-electron chi connectivity index (χ1n) is 8.74. The first kappa shape index (κ1) is 18.8. The summed E-state index contributed by atoms with van der Waals surface area (Å²) >= 11 is 0. The van der Waals surface area contributed by atoms with Gasteiger partial charge in [-0.3, -0.25) is 4.99 Å².